The number of amides is 1. The molecule has 0 unspecified atom stereocenters. The molecule has 0 aromatic heterocycles. The number of quaternary nitrogens is 1. The fraction of sp³-hybridized carbons (Fsp3) is 0.643. The molecule has 122 valence electrons. The molecule has 0 aliphatic rings. The lowest BCUT2D eigenvalue weighted by atomic mass is 10.1. The Morgan fingerprint density at radius 3 is 2.14 bits per heavy atom. The molecular weight excluding hydrogens is 292 g/mol. The van der Waals surface area contributed by atoms with Gasteiger partial charge in [0, 0.05) is 5.54 Å². The van der Waals surface area contributed by atoms with Crippen LogP contribution in [-0.4, -0.2) is 61.3 Å². The average Bonchev–Trinajstić information content (AvgIpc) is 2.23. The molecule has 0 spiro atoms. The number of hydrogen-bond acceptors (Lipinski definition) is 4. The van der Waals surface area contributed by atoms with E-state index in [0.717, 1.165) is 0 Å². The number of carbonyl (C=O) groups excluding carboxylic acids is 1. The Hall–Kier alpha value is -1.18. The highest BCUT2D eigenvalue weighted by Crippen LogP contribution is 2.08. The molecular formula is C14H26N2O4S. The summed E-state index contributed by atoms with van der Waals surface area (Å²) in [5.74, 6) is -0.905. The molecule has 0 aliphatic heterocycles. The molecule has 21 heavy (non-hydrogen) atoms. The highest BCUT2D eigenvalue weighted by molar-refractivity contribution is 7.85. The zero-order valence-corrected chi connectivity index (χ0v) is 13.9. The summed E-state index contributed by atoms with van der Waals surface area (Å²) < 4.78 is 32.9. The van der Waals surface area contributed by atoms with Crippen LogP contribution in [0.1, 0.15) is 20.3 Å². The topological polar surface area (TPSA) is 86.3 Å². The number of nitrogens with zero attached hydrogens (tertiary/aromatic N) is 1. The Balaban J connectivity index is 4.55. The van der Waals surface area contributed by atoms with Gasteiger partial charge in [0.2, 0.25) is 5.91 Å². The van der Waals surface area contributed by atoms with Crippen LogP contribution in [0.25, 0.3) is 0 Å². The number of carbonyl (C=O) groups is 1. The first-order chi connectivity index (χ1) is 9.43. The summed E-state index contributed by atoms with van der Waals surface area (Å²) >= 11 is 0. The van der Waals surface area contributed by atoms with Gasteiger partial charge in [-0.2, -0.15) is 0 Å². The van der Waals surface area contributed by atoms with Gasteiger partial charge in [-0.15, -0.1) is 0 Å². The first-order valence-electron chi connectivity index (χ1n) is 6.73. The number of hydrogen-bond donors (Lipinski definition) is 1. The van der Waals surface area contributed by atoms with Crippen LogP contribution in [0.4, 0.5) is 0 Å². The lowest BCUT2D eigenvalue weighted by Gasteiger charge is -2.33. The molecule has 1 amide bonds. The summed E-state index contributed by atoms with van der Waals surface area (Å²) in [6.45, 7) is 12.4. The predicted molar refractivity (Wildman–Crippen MR) is 82.6 cm³/mol. The van der Waals surface area contributed by atoms with E-state index in [1.165, 1.54) is 13.8 Å². The van der Waals surface area contributed by atoms with Crippen molar-refractivity contribution in [2.75, 3.05) is 32.4 Å². The first-order valence-corrected chi connectivity index (χ1v) is 8.31. The van der Waals surface area contributed by atoms with E-state index in [1.54, 1.807) is 12.2 Å². The van der Waals surface area contributed by atoms with E-state index in [2.05, 4.69) is 18.5 Å². The third-order valence-electron chi connectivity index (χ3n) is 3.03. The van der Waals surface area contributed by atoms with Crippen LogP contribution < -0.4 is 5.32 Å². The minimum absolute atomic E-state index is 0.237. The molecule has 0 bridgehead atoms. The fourth-order valence-corrected chi connectivity index (χ4v) is 3.13. The van der Waals surface area contributed by atoms with Crippen LogP contribution in [-0.2, 0) is 14.9 Å². The number of nitrogens with one attached hydrogen (secondary N) is 1. The number of rotatable bonds is 10. The van der Waals surface area contributed by atoms with Gasteiger partial charge in [-0.05, 0) is 26.0 Å². The zero-order valence-electron chi connectivity index (χ0n) is 13.1. The molecule has 0 saturated carbocycles. The van der Waals surface area contributed by atoms with E-state index < -0.39 is 21.4 Å². The van der Waals surface area contributed by atoms with Crippen LogP contribution in [0.3, 0.4) is 0 Å². The summed E-state index contributed by atoms with van der Waals surface area (Å²) in [4.78, 5) is 11.9. The van der Waals surface area contributed by atoms with Gasteiger partial charge in [-0.25, -0.2) is 8.42 Å². The second kappa shape index (κ2) is 7.72. The van der Waals surface area contributed by atoms with Crippen molar-refractivity contribution in [2.24, 2.45) is 0 Å². The van der Waals surface area contributed by atoms with Crippen molar-refractivity contribution in [1.82, 2.24) is 5.32 Å². The van der Waals surface area contributed by atoms with E-state index in [9.17, 15) is 17.8 Å². The molecule has 0 saturated heterocycles. The van der Waals surface area contributed by atoms with E-state index in [0.29, 0.717) is 24.1 Å². The largest absolute Gasteiger partial charge is 0.748 e. The van der Waals surface area contributed by atoms with Crippen molar-refractivity contribution in [2.45, 2.75) is 25.8 Å². The second-order valence-corrected chi connectivity index (χ2v) is 7.57. The Morgan fingerprint density at radius 2 is 1.76 bits per heavy atom. The summed E-state index contributed by atoms with van der Waals surface area (Å²) in [6, 6.07) is 0. The smallest absolute Gasteiger partial charge is 0.226 e. The number of likely N-dealkylation sites (N-methyl/N-ethyl adjacent to an activating group) is 1. The van der Waals surface area contributed by atoms with Crippen LogP contribution in [0.15, 0.2) is 25.3 Å². The highest BCUT2D eigenvalue weighted by atomic mass is 32.2. The third kappa shape index (κ3) is 9.38. The molecule has 0 rings (SSSR count). The summed E-state index contributed by atoms with van der Waals surface area (Å²) in [5, 5.41) is 2.59. The van der Waals surface area contributed by atoms with Crippen LogP contribution in [0.5, 0.6) is 0 Å². The quantitative estimate of drug-likeness (QED) is 0.364. The van der Waals surface area contributed by atoms with E-state index in [4.69, 9.17) is 0 Å². The Kier molecular flexibility index (Phi) is 7.29. The van der Waals surface area contributed by atoms with Gasteiger partial charge in [-0.1, -0.05) is 13.2 Å². The van der Waals surface area contributed by atoms with Gasteiger partial charge < -0.3 is 14.4 Å². The van der Waals surface area contributed by atoms with Crippen molar-refractivity contribution < 1.29 is 22.2 Å². The molecule has 0 aromatic rings. The third-order valence-corrected chi connectivity index (χ3v) is 4.11. The molecule has 0 heterocycles. The van der Waals surface area contributed by atoms with Crippen molar-refractivity contribution >= 4 is 16.0 Å². The molecule has 7 heteroatoms. The molecule has 0 aromatic carbocycles. The normalized spacial score (nSPS) is 12.8. The van der Waals surface area contributed by atoms with Gasteiger partial charge >= 0.3 is 0 Å². The van der Waals surface area contributed by atoms with Gasteiger partial charge in [0.15, 0.2) is 0 Å². The lowest BCUT2D eigenvalue weighted by Crippen LogP contribution is -2.51. The standard InChI is InChI=1S/C14H26N2O4S/c1-6-9-16(5,10-7-2)11-8-13(17)15-14(3,4)12-21(18,19)20/h6-7H,1-2,8-12H2,3-5H3,(H-,15,17,18,19,20). The minimum Gasteiger partial charge on any atom is -0.748 e. The summed E-state index contributed by atoms with van der Waals surface area (Å²) in [6.07, 6.45) is 3.81. The molecule has 0 aliphatic carbocycles. The maximum absolute atomic E-state index is 11.9. The first kappa shape index (κ1) is 19.8. The van der Waals surface area contributed by atoms with Gasteiger partial charge in [0.1, 0.15) is 0 Å². The van der Waals surface area contributed by atoms with E-state index in [1.807, 2.05) is 7.05 Å². The fourth-order valence-electron chi connectivity index (χ4n) is 2.17. The average molecular weight is 318 g/mol. The van der Waals surface area contributed by atoms with Crippen molar-refractivity contribution in [3.05, 3.63) is 25.3 Å². The van der Waals surface area contributed by atoms with Gasteiger partial charge in [-0.3, -0.25) is 4.79 Å². The second-order valence-electron chi connectivity index (χ2n) is 6.17. The molecule has 1 N–H and O–H groups in total. The SMILES string of the molecule is C=CC[N+](C)(CC=C)CCC(=O)NC(C)(C)CS(=O)(=O)[O-]. The monoisotopic (exact) mass is 318 g/mol. The zero-order chi connectivity index (χ0) is 16.7. The maximum Gasteiger partial charge on any atom is 0.226 e. The lowest BCUT2D eigenvalue weighted by molar-refractivity contribution is -0.897. The van der Waals surface area contributed by atoms with Crippen molar-refractivity contribution in [1.29, 1.82) is 0 Å². The molecule has 0 atom stereocenters. The predicted octanol–water partition coefficient (Wildman–Crippen LogP) is 0.635. The summed E-state index contributed by atoms with van der Waals surface area (Å²) in [5.41, 5.74) is -1.07. The van der Waals surface area contributed by atoms with Crippen LogP contribution in [0, 0.1) is 0 Å². The summed E-state index contributed by atoms with van der Waals surface area (Å²) in [7, 11) is -2.39. The maximum atomic E-state index is 11.9. The van der Waals surface area contributed by atoms with Gasteiger partial charge in [0.25, 0.3) is 0 Å². The van der Waals surface area contributed by atoms with E-state index >= 15 is 0 Å². The van der Waals surface area contributed by atoms with Crippen molar-refractivity contribution in [3.8, 4) is 0 Å². The van der Waals surface area contributed by atoms with Crippen molar-refractivity contribution in [3.63, 3.8) is 0 Å². The Morgan fingerprint density at radius 1 is 1.29 bits per heavy atom. The van der Waals surface area contributed by atoms with Crippen LogP contribution in [0.2, 0.25) is 0 Å². The molecule has 0 fully saturated rings. The Labute approximate surface area is 127 Å². The highest BCUT2D eigenvalue weighted by Gasteiger charge is 2.25. The van der Waals surface area contributed by atoms with E-state index in [-0.39, 0.29) is 12.3 Å². The molecule has 6 nitrogen and oxygen atoms in total. The minimum atomic E-state index is -4.38. The van der Waals surface area contributed by atoms with Gasteiger partial charge in [0.05, 0.1) is 49.0 Å². The Bertz CT molecular complexity index is 473. The van der Waals surface area contributed by atoms with Crippen LogP contribution >= 0.6 is 0 Å². The molecule has 0 radical (unpaired) electrons.